The third-order valence-electron chi connectivity index (χ3n) is 9.01. The molecule has 2 aromatic rings. The number of aryl methyl sites for hydroxylation is 2. The molecule has 6 atom stereocenters. The van der Waals surface area contributed by atoms with Crippen molar-refractivity contribution in [3.63, 3.8) is 0 Å². The van der Waals surface area contributed by atoms with E-state index >= 15 is 0 Å². The van der Waals surface area contributed by atoms with Gasteiger partial charge in [-0.3, -0.25) is 28.9 Å². The molecule has 3 aliphatic carbocycles. The van der Waals surface area contributed by atoms with Crippen LogP contribution in [0.1, 0.15) is 39.0 Å². The molecule has 6 unspecified atom stereocenters. The Morgan fingerprint density at radius 3 is 2.24 bits per heavy atom. The molecule has 2 fully saturated rings. The summed E-state index contributed by atoms with van der Waals surface area (Å²) in [5.41, 5.74) is 3.37. The lowest BCUT2D eigenvalue weighted by atomic mass is 9.52. The zero-order valence-electron chi connectivity index (χ0n) is 22.8. The van der Waals surface area contributed by atoms with E-state index < -0.39 is 76.1 Å². The predicted octanol–water partition coefficient (Wildman–Crippen LogP) is 1.67. The summed E-state index contributed by atoms with van der Waals surface area (Å²) in [5.74, 6) is -11.2. The number of hydrogen-bond acceptors (Lipinski definition) is 8. The zero-order chi connectivity index (χ0) is 30.9. The van der Waals surface area contributed by atoms with Crippen LogP contribution >= 0.6 is 0 Å². The Morgan fingerprint density at radius 1 is 1.02 bits per heavy atom. The van der Waals surface area contributed by atoms with Crippen LogP contribution in [0.4, 0.5) is 13.2 Å². The molecule has 2 saturated carbocycles. The lowest BCUT2D eigenvalue weighted by Crippen LogP contribution is -2.74. The Kier molecular flexibility index (Phi) is 7.13. The lowest BCUT2D eigenvalue weighted by molar-refractivity contribution is -0.181. The molecule has 9 nitrogen and oxygen atoms in total. The van der Waals surface area contributed by atoms with Gasteiger partial charge in [0.2, 0.25) is 5.91 Å². The van der Waals surface area contributed by atoms with E-state index in [1.165, 1.54) is 37.2 Å². The van der Waals surface area contributed by atoms with Gasteiger partial charge in [0.05, 0.1) is 23.1 Å². The number of likely N-dealkylation sites (N-methyl/N-ethyl adjacent to an activating group) is 1. The number of phenolic OH excluding ortho intramolecular Hbond substituents is 1. The van der Waals surface area contributed by atoms with Gasteiger partial charge in [0, 0.05) is 5.92 Å². The quantitative estimate of drug-likeness (QED) is 0.447. The number of benzene rings is 2. The van der Waals surface area contributed by atoms with Crippen molar-refractivity contribution in [1.82, 2.24) is 4.90 Å². The Balaban J connectivity index is 1.50. The minimum Gasteiger partial charge on any atom is -0.507 e. The first kappa shape index (κ1) is 29.6. The Hall–Kier alpha value is -3.90. The van der Waals surface area contributed by atoms with Gasteiger partial charge in [0.15, 0.2) is 34.7 Å². The van der Waals surface area contributed by atoms with Gasteiger partial charge in [-0.25, -0.2) is 0 Å². The fourth-order valence-corrected chi connectivity index (χ4v) is 7.04. The first-order valence-corrected chi connectivity index (χ1v) is 13.4. The van der Waals surface area contributed by atoms with Crippen molar-refractivity contribution < 1.29 is 47.4 Å². The van der Waals surface area contributed by atoms with Crippen LogP contribution in [0.5, 0.6) is 5.75 Å². The molecule has 0 aliphatic heterocycles. The normalized spacial score (nSPS) is 29.3. The highest BCUT2D eigenvalue weighted by Crippen LogP contribution is 2.51. The molecular formula is C30H29F3N2O7. The summed E-state index contributed by atoms with van der Waals surface area (Å²) >= 11 is 0. The number of fused-ring (bicyclic) bond motifs is 3. The van der Waals surface area contributed by atoms with Crippen molar-refractivity contribution in [2.24, 2.45) is 29.4 Å². The summed E-state index contributed by atoms with van der Waals surface area (Å²) in [6, 6.07) is 6.42. The standard InChI is InChI=1S/C30H29F3N2O7/c1-35(2)23-18-12-15-11-17-14(6-3-13-4-8-16(9-5-13)30(31,32)33)7-10-19(36)21(17)24(37)20(15)26(39)29(18,42)27(40)22(25(23)38)28(34)41/h4-5,7-10,15,18,20,22-23,36,42H,3,6,11-12H2,1-2H3,(H2,34,41). The van der Waals surface area contributed by atoms with Crippen molar-refractivity contribution in [2.75, 3.05) is 14.1 Å². The first-order valence-electron chi connectivity index (χ1n) is 13.4. The number of phenols is 1. The molecule has 1 amide bonds. The SMILES string of the molecule is CN(C)C1C(=O)C(C(N)=O)C(=O)C2(O)C(=O)C3C(=O)c4c(O)ccc(CCc5ccc(C(F)(F)F)cc5)c4CC3CC12. The topological polar surface area (TPSA) is 155 Å². The second-order valence-corrected chi connectivity index (χ2v) is 11.6. The van der Waals surface area contributed by atoms with Crippen LogP contribution < -0.4 is 5.73 Å². The van der Waals surface area contributed by atoms with Crippen LogP contribution in [0.3, 0.4) is 0 Å². The van der Waals surface area contributed by atoms with E-state index in [1.54, 1.807) is 6.07 Å². The number of ketones is 4. The molecule has 0 aromatic heterocycles. The van der Waals surface area contributed by atoms with Gasteiger partial charge in [0.25, 0.3) is 0 Å². The van der Waals surface area contributed by atoms with Gasteiger partial charge < -0.3 is 15.9 Å². The number of alkyl halides is 3. The van der Waals surface area contributed by atoms with Gasteiger partial charge in [-0.15, -0.1) is 0 Å². The number of hydrogen-bond donors (Lipinski definition) is 3. The molecule has 2 aromatic carbocycles. The van der Waals surface area contributed by atoms with E-state index in [9.17, 15) is 47.4 Å². The van der Waals surface area contributed by atoms with Crippen LogP contribution in [0, 0.1) is 23.7 Å². The van der Waals surface area contributed by atoms with Gasteiger partial charge in [0.1, 0.15) is 5.75 Å². The summed E-state index contributed by atoms with van der Waals surface area (Å²) in [6.07, 6.45) is -3.77. The number of aromatic hydroxyl groups is 1. The summed E-state index contributed by atoms with van der Waals surface area (Å²) in [4.78, 5) is 67.6. The Morgan fingerprint density at radius 2 is 1.67 bits per heavy atom. The minimum absolute atomic E-state index is 0.0715. The van der Waals surface area contributed by atoms with Crippen LogP contribution in [0.15, 0.2) is 36.4 Å². The Labute approximate surface area is 238 Å². The summed E-state index contributed by atoms with van der Waals surface area (Å²) in [7, 11) is 3.01. The third kappa shape index (κ3) is 4.44. The maximum Gasteiger partial charge on any atom is 0.416 e. The number of carbonyl (C=O) groups is 5. The second-order valence-electron chi connectivity index (χ2n) is 11.6. The van der Waals surface area contributed by atoms with E-state index in [2.05, 4.69) is 0 Å². The molecule has 3 aliphatic rings. The van der Waals surface area contributed by atoms with E-state index in [-0.39, 0.29) is 24.2 Å². The molecule has 0 spiro atoms. The summed E-state index contributed by atoms with van der Waals surface area (Å²) < 4.78 is 38.8. The number of Topliss-reactive ketones (excluding diaryl/α,β-unsaturated/α-hetero) is 4. The number of amides is 1. The largest absolute Gasteiger partial charge is 0.507 e. The van der Waals surface area contributed by atoms with E-state index in [0.717, 1.165) is 12.1 Å². The number of nitrogens with two attached hydrogens (primary N) is 1. The minimum atomic E-state index is -4.46. The van der Waals surface area contributed by atoms with Gasteiger partial charge in [-0.1, -0.05) is 18.2 Å². The van der Waals surface area contributed by atoms with Crippen molar-refractivity contribution in [3.8, 4) is 5.75 Å². The molecule has 4 N–H and O–H groups in total. The van der Waals surface area contributed by atoms with E-state index in [1.807, 2.05) is 0 Å². The average Bonchev–Trinajstić information content (AvgIpc) is 2.89. The molecule has 0 heterocycles. The van der Waals surface area contributed by atoms with Crippen molar-refractivity contribution >= 4 is 29.0 Å². The van der Waals surface area contributed by atoms with Crippen molar-refractivity contribution in [2.45, 2.75) is 43.5 Å². The third-order valence-corrected chi connectivity index (χ3v) is 9.01. The van der Waals surface area contributed by atoms with Crippen LogP contribution in [-0.4, -0.2) is 69.9 Å². The van der Waals surface area contributed by atoms with Gasteiger partial charge >= 0.3 is 6.18 Å². The number of carbonyl (C=O) groups excluding carboxylic acids is 5. The fraction of sp³-hybridized carbons (Fsp3) is 0.433. The predicted molar refractivity (Wildman–Crippen MR) is 140 cm³/mol. The molecule has 42 heavy (non-hydrogen) atoms. The lowest BCUT2D eigenvalue weighted by Gasteiger charge is -2.52. The molecule has 12 heteroatoms. The number of rotatable bonds is 5. The molecular weight excluding hydrogens is 557 g/mol. The van der Waals surface area contributed by atoms with Gasteiger partial charge in [-0.2, -0.15) is 13.2 Å². The highest BCUT2D eigenvalue weighted by Gasteiger charge is 2.69. The second kappa shape index (κ2) is 10.1. The molecule has 0 radical (unpaired) electrons. The highest BCUT2D eigenvalue weighted by atomic mass is 19.4. The highest BCUT2D eigenvalue weighted by molar-refractivity contribution is 6.32. The Bertz CT molecular complexity index is 1520. The maximum absolute atomic E-state index is 13.9. The summed E-state index contributed by atoms with van der Waals surface area (Å²) in [6.45, 7) is 0. The van der Waals surface area contributed by atoms with Crippen LogP contribution in [0.25, 0.3) is 0 Å². The van der Waals surface area contributed by atoms with Crippen LogP contribution in [0.2, 0.25) is 0 Å². The number of aliphatic hydroxyl groups is 1. The van der Waals surface area contributed by atoms with E-state index in [4.69, 9.17) is 5.73 Å². The molecule has 0 saturated heterocycles. The monoisotopic (exact) mass is 586 g/mol. The zero-order valence-corrected chi connectivity index (χ0v) is 22.8. The number of nitrogens with zero attached hydrogens (tertiary/aromatic N) is 1. The van der Waals surface area contributed by atoms with E-state index in [0.29, 0.717) is 29.5 Å². The average molecular weight is 587 g/mol. The first-order chi connectivity index (χ1) is 19.6. The van der Waals surface area contributed by atoms with Crippen LogP contribution in [-0.2, 0) is 44.6 Å². The fourth-order valence-electron chi connectivity index (χ4n) is 7.04. The smallest absolute Gasteiger partial charge is 0.416 e. The molecule has 0 bridgehead atoms. The number of primary amides is 1. The molecule has 222 valence electrons. The summed E-state index contributed by atoms with van der Waals surface area (Å²) in [5, 5.41) is 22.3. The maximum atomic E-state index is 13.9. The van der Waals surface area contributed by atoms with Gasteiger partial charge in [-0.05, 0) is 80.6 Å². The van der Waals surface area contributed by atoms with Crippen molar-refractivity contribution in [1.29, 1.82) is 0 Å². The number of halogens is 3. The molecule has 5 rings (SSSR count). The van der Waals surface area contributed by atoms with Crippen molar-refractivity contribution in [3.05, 3.63) is 64.2 Å².